The Kier molecular flexibility index (Phi) is 8.90. The van der Waals surface area contributed by atoms with E-state index in [4.69, 9.17) is 0 Å². The number of rotatable bonds is 7. The molecule has 0 aliphatic rings. The van der Waals surface area contributed by atoms with Gasteiger partial charge in [-0.15, -0.1) is 0 Å². The van der Waals surface area contributed by atoms with Crippen molar-refractivity contribution < 1.29 is 44.3 Å². The number of hydrogen-bond donors (Lipinski definition) is 0. The lowest BCUT2D eigenvalue weighted by Gasteiger charge is -2.20. The van der Waals surface area contributed by atoms with Gasteiger partial charge in [0.1, 0.15) is 40.1 Å². The molecule has 4 rings (SSSR count). The molecule has 0 unspecified atom stereocenters. The van der Waals surface area contributed by atoms with Crippen LogP contribution in [0.2, 0.25) is 0 Å². The number of benzene rings is 4. The highest BCUT2D eigenvalue weighted by molar-refractivity contribution is 5.65. The molecule has 0 N–H and O–H groups in total. The highest BCUT2D eigenvalue weighted by Crippen LogP contribution is 2.40. The summed E-state index contributed by atoms with van der Waals surface area (Å²) in [7, 11) is 0. The van der Waals surface area contributed by atoms with Gasteiger partial charge in [-0.1, -0.05) is 49.5 Å². The van der Waals surface area contributed by atoms with Crippen LogP contribution in [0.4, 0.5) is 39.5 Å². The van der Waals surface area contributed by atoms with Gasteiger partial charge in [-0.05, 0) is 65.9 Å². The Morgan fingerprint density at radius 1 is 0.619 bits per heavy atom. The average molecular weight is 593 g/mol. The van der Waals surface area contributed by atoms with Crippen molar-refractivity contribution in [2.24, 2.45) is 0 Å². The maximum atomic E-state index is 14.7. The number of unbranched alkanes of at least 4 members (excludes halogenated alkanes) is 1. The Bertz CT molecular complexity index is 1580. The van der Waals surface area contributed by atoms with Crippen LogP contribution in [-0.4, -0.2) is 0 Å². The zero-order valence-electron chi connectivity index (χ0n) is 21.9. The molecule has 0 aliphatic heterocycles. The third-order valence-corrected chi connectivity index (χ3v) is 6.22. The summed E-state index contributed by atoms with van der Waals surface area (Å²) < 4.78 is 129. The molecular formula is C32H21F9O. The van der Waals surface area contributed by atoms with Gasteiger partial charge >= 0.3 is 12.3 Å². The fourth-order valence-electron chi connectivity index (χ4n) is 4.12. The lowest BCUT2D eigenvalue weighted by Crippen LogP contribution is -2.25. The van der Waals surface area contributed by atoms with Crippen LogP contribution in [0.5, 0.6) is 5.75 Å². The van der Waals surface area contributed by atoms with Crippen LogP contribution >= 0.6 is 0 Å². The smallest absolute Gasteiger partial charge is 0.429 e. The predicted octanol–water partition coefficient (Wildman–Crippen LogP) is 9.80. The van der Waals surface area contributed by atoms with E-state index in [0.29, 0.717) is 17.7 Å². The highest BCUT2D eigenvalue weighted by atomic mass is 19.4. The Morgan fingerprint density at radius 2 is 1.10 bits per heavy atom. The van der Waals surface area contributed by atoms with Crippen LogP contribution in [0.15, 0.2) is 72.8 Å². The molecule has 0 atom stereocenters. The lowest BCUT2D eigenvalue weighted by molar-refractivity contribution is -0.189. The number of hydrogen-bond acceptors (Lipinski definition) is 1. The summed E-state index contributed by atoms with van der Waals surface area (Å²) in [5.41, 5.74) is -1.47. The minimum Gasteiger partial charge on any atom is -0.429 e. The number of ether oxygens (including phenoxy) is 1. The van der Waals surface area contributed by atoms with Gasteiger partial charge < -0.3 is 4.74 Å². The topological polar surface area (TPSA) is 9.23 Å². The molecule has 0 spiro atoms. The molecule has 42 heavy (non-hydrogen) atoms. The number of aryl methyl sites for hydroxylation is 1. The molecule has 10 heteroatoms. The van der Waals surface area contributed by atoms with Gasteiger partial charge in [0.05, 0.1) is 0 Å². The van der Waals surface area contributed by atoms with E-state index >= 15 is 0 Å². The van der Waals surface area contributed by atoms with Crippen molar-refractivity contribution in [3.05, 3.63) is 124 Å². The first-order valence-corrected chi connectivity index (χ1v) is 12.6. The SMILES string of the molecule is CCCCc1ccc(C#Cc2ccc(-c3cc(F)c(C(F)(F)Oc4cc(F)c(C(F)(F)F)c(F)c4)c(F)c3)cc2)cc1. The third-order valence-electron chi connectivity index (χ3n) is 6.22. The summed E-state index contributed by atoms with van der Waals surface area (Å²) in [6.07, 6.45) is -7.11. The molecule has 218 valence electrons. The Hall–Kier alpha value is -4.39. The van der Waals surface area contributed by atoms with Crippen molar-refractivity contribution in [2.45, 2.75) is 38.5 Å². The molecule has 1 nitrogen and oxygen atoms in total. The van der Waals surface area contributed by atoms with Crippen LogP contribution in [0.3, 0.4) is 0 Å². The molecule has 0 aliphatic carbocycles. The van der Waals surface area contributed by atoms with Crippen molar-refractivity contribution in [2.75, 3.05) is 0 Å². The fourth-order valence-corrected chi connectivity index (χ4v) is 4.12. The van der Waals surface area contributed by atoms with Crippen molar-refractivity contribution in [1.29, 1.82) is 0 Å². The zero-order chi connectivity index (χ0) is 30.7. The van der Waals surface area contributed by atoms with E-state index in [1.807, 2.05) is 24.3 Å². The molecule has 0 amide bonds. The monoisotopic (exact) mass is 592 g/mol. The second kappa shape index (κ2) is 12.2. The summed E-state index contributed by atoms with van der Waals surface area (Å²) >= 11 is 0. The summed E-state index contributed by atoms with van der Waals surface area (Å²) in [6.45, 7) is 2.12. The van der Waals surface area contributed by atoms with E-state index in [-0.39, 0.29) is 23.3 Å². The second-order valence-corrected chi connectivity index (χ2v) is 9.32. The standard InChI is InChI=1S/C32H21F9O/c1-2-3-4-19-5-7-20(8-6-19)9-10-21-11-13-22(14-12-21)23-15-25(33)30(26(34)16-23)32(40,41)42-24-17-27(35)29(28(36)18-24)31(37,38)39/h5-8,11-18H,2-4H2,1H3. The molecule has 0 fully saturated rings. The van der Waals surface area contributed by atoms with Crippen LogP contribution in [0.25, 0.3) is 11.1 Å². The Labute approximate surface area is 235 Å². The minimum atomic E-state index is -5.45. The molecule has 4 aromatic carbocycles. The van der Waals surface area contributed by atoms with Gasteiger partial charge in [0.25, 0.3) is 0 Å². The van der Waals surface area contributed by atoms with Gasteiger partial charge in [-0.3, -0.25) is 0 Å². The van der Waals surface area contributed by atoms with E-state index in [0.717, 1.165) is 24.8 Å². The maximum absolute atomic E-state index is 14.7. The summed E-state index contributed by atoms with van der Waals surface area (Å²) in [6, 6.07) is 14.8. The van der Waals surface area contributed by atoms with Gasteiger partial charge in [-0.2, -0.15) is 22.0 Å². The number of alkyl halides is 5. The van der Waals surface area contributed by atoms with E-state index in [2.05, 4.69) is 23.5 Å². The van der Waals surface area contributed by atoms with Crippen LogP contribution in [-0.2, 0) is 18.7 Å². The fraction of sp³-hybridized carbons (Fsp3) is 0.188. The number of halogens is 9. The maximum Gasteiger partial charge on any atom is 0.432 e. The first kappa shape index (κ1) is 30.6. The largest absolute Gasteiger partial charge is 0.432 e. The molecule has 0 saturated carbocycles. The van der Waals surface area contributed by atoms with Gasteiger partial charge in [0.15, 0.2) is 0 Å². The third kappa shape index (κ3) is 7.08. The molecule has 4 aromatic rings. The van der Waals surface area contributed by atoms with Crippen LogP contribution in [0, 0.1) is 35.1 Å². The predicted molar refractivity (Wildman–Crippen MR) is 139 cm³/mol. The van der Waals surface area contributed by atoms with Crippen molar-refractivity contribution in [1.82, 2.24) is 0 Å². The zero-order valence-corrected chi connectivity index (χ0v) is 21.9. The van der Waals surface area contributed by atoms with Gasteiger partial charge in [0.2, 0.25) is 0 Å². The lowest BCUT2D eigenvalue weighted by atomic mass is 10.0. The van der Waals surface area contributed by atoms with Crippen molar-refractivity contribution in [3.8, 4) is 28.7 Å². The van der Waals surface area contributed by atoms with E-state index in [9.17, 15) is 39.5 Å². The first-order valence-electron chi connectivity index (χ1n) is 12.6. The highest BCUT2D eigenvalue weighted by Gasteiger charge is 2.43. The summed E-state index contributed by atoms with van der Waals surface area (Å²) in [5, 5.41) is 0. The first-order chi connectivity index (χ1) is 19.8. The van der Waals surface area contributed by atoms with Crippen molar-refractivity contribution >= 4 is 0 Å². The summed E-state index contributed by atoms with van der Waals surface area (Å²) in [4.78, 5) is 0. The van der Waals surface area contributed by atoms with Crippen LogP contribution < -0.4 is 4.74 Å². The van der Waals surface area contributed by atoms with Gasteiger partial charge in [-0.25, -0.2) is 17.6 Å². The second-order valence-electron chi connectivity index (χ2n) is 9.32. The molecule has 0 saturated heterocycles. The molecule has 0 radical (unpaired) electrons. The normalized spacial score (nSPS) is 11.7. The Balaban J connectivity index is 1.53. The van der Waals surface area contributed by atoms with E-state index < -0.39 is 52.4 Å². The average Bonchev–Trinajstić information content (AvgIpc) is 2.89. The van der Waals surface area contributed by atoms with Gasteiger partial charge in [0, 0.05) is 23.3 Å². The minimum absolute atomic E-state index is 0.113. The quantitative estimate of drug-likeness (QED) is 0.153. The van der Waals surface area contributed by atoms with Crippen LogP contribution in [0.1, 0.15) is 47.6 Å². The van der Waals surface area contributed by atoms with Crippen molar-refractivity contribution in [3.63, 3.8) is 0 Å². The molecule has 0 bridgehead atoms. The molecule has 0 aromatic heterocycles. The van der Waals surface area contributed by atoms with E-state index in [1.165, 1.54) is 17.7 Å². The Morgan fingerprint density at radius 3 is 1.57 bits per heavy atom. The molecular weight excluding hydrogens is 571 g/mol. The van der Waals surface area contributed by atoms with E-state index in [1.54, 1.807) is 12.1 Å². The summed E-state index contributed by atoms with van der Waals surface area (Å²) in [5.74, 6) is -3.41. The molecule has 0 heterocycles.